The fourth-order valence-corrected chi connectivity index (χ4v) is 4.52. The molecule has 1 amide bonds. The van der Waals surface area contributed by atoms with E-state index in [2.05, 4.69) is 21.9 Å². The predicted octanol–water partition coefficient (Wildman–Crippen LogP) is 4.36. The van der Waals surface area contributed by atoms with Crippen molar-refractivity contribution in [3.05, 3.63) is 64.5 Å². The van der Waals surface area contributed by atoms with Crippen molar-refractivity contribution in [2.75, 3.05) is 6.54 Å². The smallest absolute Gasteiger partial charge is 0.260 e. The molecule has 7 heteroatoms. The second-order valence-corrected chi connectivity index (χ2v) is 8.57. The number of carbonyl (C=O) groups is 1. The zero-order chi connectivity index (χ0) is 19.9. The van der Waals surface area contributed by atoms with Gasteiger partial charge in [-0.25, -0.2) is 4.98 Å². The van der Waals surface area contributed by atoms with Crippen LogP contribution in [0.5, 0.6) is 0 Å². The molecular weight excluding hydrogens is 390 g/mol. The number of nitrogens with one attached hydrogen (secondary N) is 2. The molecule has 0 saturated heterocycles. The van der Waals surface area contributed by atoms with Crippen molar-refractivity contribution in [2.24, 2.45) is 0 Å². The number of hydrogen-bond acceptors (Lipinski definition) is 5. The number of fused-ring (bicyclic) bond motifs is 1. The van der Waals surface area contributed by atoms with Gasteiger partial charge < -0.3 is 10.3 Å². The zero-order valence-corrected chi connectivity index (χ0v) is 17.4. The number of carbonyl (C=O) groups excluding carboxylic acids is 1. The van der Waals surface area contributed by atoms with Crippen LogP contribution in [-0.4, -0.2) is 27.7 Å². The van der Waals surface area contributed by atoms with Crippen LogP contribution >= 0.6 is 23.1 Å². The van der Waals surface area contributed by atoms with Crippen molar-refractivity contribution in [3.63, 3.8) is 0 Å². The molecule has 2 heterocycles. The number of thioether (sulfide) groups is 1. The molecule has 0 spiro atoms. The Kier molecular flexibility index (Phi) is 7.06. The summed E-state index contributed by atoms with van der Waals surface area (Å²) < 4.78 is 0. The van der Waals surface area contributed by atoms with Crippen LogP contribution in [0.25, 0.3) is 21.3 Å². The second kappa shape index (κ2) is 9.71. The molecule has 0 aliphatic carbocycles. The largest absolute Gasteiger partial charge is 0.355 e. The summed E-state index contributed by atoms with van der Waals surface area (Å²) >= 11 is 2.93. The zero-order valence-electron chi connectivity index (χ0n) is 15.7. The quantitative estimate of drug-likeness (QED) is 0.404. The molecule has 1 aromatic carbocycles. The van der Waals surface area contributed by atoms with Gasteiger partial charge in [0.15, 0.2) is 0 Å². The lowest BCUT2D eigenvalue weighted by Crippen LogP contribution is -2.31. The minimum absolute atomic E-state index is 0.0000234. The molecule has 3 aromatic rings. The van der Waals surface area contributed by atoms with E-state index < -0.39 is 0 Å². The molecule has 146 valence electrons. The molecule has 0 fully saturated rings. The third kappa shape index (κ3) is 4.91. The lowest BCUT2D eigenvalue weighted by Gasteiger charge is -2.11. The van der Waals surface area contributed by atoms with Gasteiger partial charge in [0.2, 0.25) is 5.91 Å². The van der Waals surface area contributed by atoms with Crippen molar-refractivity contribution in [1.29, 1.82) is 0 Å². The summed E-state index contributed by atoms with van der Waals surface area (Å²) in [6, 6.07) is 9.83. The van der Waals surface area contributed by atoms with Gasteiger partial charge in [0, 0.05) is 17.5 Å². The van der Waals surface area contributed by atoms with Gasteiger partial charge in [-0.15, -0.1) is 29.7 Å². The molecular formula is C21H23N3O2S2. The lowest BCUT2D eigenvalue weighted by molar-refractivity contribution is -0.120. The molecule has 3 rings (SSSR count). The summed E-state index contributed by atoms with van der Waals surface area (Å²) in [6.07, 6.45) is 3.62. The second-order valence-electron chi connectivity index (χ2n) is 6.38. The Hall–Kier alpha value is -2.38. The van der Waals surface area contributed by atoms with Crippen LogP contribution in [0.15, 0.2) is 53.2 Å². The van der Waals surface area contributed by atoms with Gasteiger partial charge in [-0.3, -0.25) is 9.59 Å². The summed E-state index contributed by atoms with van der Waals surface area (Å²) in [7, 11) is 0. The fourth-order valence-electron chi connectivity index (χ4n) is 2.77. The summed E-state index contributed by atoms with van der Waals surface area (Å²) in [6.45, 7) is 6.18. The molecule has 28 heavy (non-hydrogen) atoms. The number of aromatic amines is 1. The Labute approximate surface area is 172 Å². The molecule has 2 aromatic heterocycles. The van der Waals surface area contributed by atoms with Gasteiger partial charge in [-0.2, -0.15) is 0 Å². The van der Waals surface area contributed by atoms with E-state index in [9.17, 15) is 9.59 Å². The average molecular weight is 414 g/mol. The van der Waals surface area contributed by atoms with E-state index in [1.807, 2.05) is 48.7 Å². The number of allylic oxidation sites excluding steroid dienone is 1. The molecule has 0 bridgehead atoms. The Morgan fingerprint density at radius 3 is 2.93 bits per heavy atom. The lowest BCUT2D eigenvalue weighted by atomic mass is 10.1. The van der Waals surface area contributed by atoms with E-state index in [1.54, 1.807) is 0 Å². The van der Waals surface area contributed by atoms with Gasteiger partial charge in [0.1, 0.15) is 10.7 Å². The summed E-state index contributed by atoms with van der Waals surface area (Å²) in [5.74, 6) is 1.07. The van der Waals surface area contributed by atoms with Gasteiger partial charge in [-0.1, -0.05) is 36.4 Å². The maximum absolute atomic E-state index is 12.7. The first kappa shape index (κ1) is 20.4. The minimum atomic E-state index is -0.215. The van der Waals surface area contributed by atoms with Crippen LogP contribution in [0.3, 0.4) is 0 Å². The van der Waals surface area contributed by atoms with Crippen LogP contribution in [0.2, 0.25) is 0 Å². The number of aromatic nitrogens is 2. The highest BCUT2D eigenvalue weighted by Crippen LogP contribution is 2.30. The van der Waals surface area contributed by atoms with Crippen molar-refractivity contribution in [1.82, 2.24) is 15.3 Å². The third-order valence-corrected chi connectivity index (χ3v) is 6.33. The van der Waals surface area contributed by atoms with E-state index >= 15 is 0 Å². The minimum Gasteiger partial charge on any atom is -0.355 e. The summed E-state index contributed by atoms with van der Waals surface area (Å²) in [5, 5.41) is 5.30. The molecule has 0 aliphatic heterocycles. The first-order chi connectivity index (χ1) is 13.6. The number of thiophene rings is 1. The molecule has 1 atom stereocenters. The molecule has 1 unspecified atom stereocenters. The van der Waals surface area contributed by atoms with Crippen LogP contribution in [0.4, 0.5) is 0 Å². The Morgan fingerprint density at radius 1 is 1.39 bits per heavy atom. The maximum Gasteiger partial charge on any atom is 0.260 e. The van der Waals surface area contributed by atoms with Crippen molar-refractivity contribution in [3.8, 4) is 11.1 Å². The highest BCUT2D eigenvalue weighted by molar-refractivity contribution is 7.99. The maximum atomic E-state index is 12.7. The van der Waals surface area contributed by atoms with Gasteiger partial charge in [0.25, 0.3) is 5.56 Å². The normalized spacial score (nSPS) is 12.0. The first-order valence-corrected chi connectivity index (χ1v) is 11.1. The van der Waals surface area contributed by atoms with Gasteiger partial charge in [0.05, 0.1) is 16.4 Å². The summed E-state index contributed by atoms with van der Waals surface area (Å²) in [4.78, 5) is 33.0. The van der Waals surface area contributed by atoms with Crippen molar-refractivity contribution in [2.45, 2.75) is 30.8 Å². The SMILES string of the molecule is C=CCCCNC(=O)C(C)SCc1nc2scc(-c3ccccc3)c2c(=O)[nH]1. The standard InChI is InChI=1S/C21H23N3O2S2/c1-3-4-8-11-22-19(25)14(2)27-13-17-23-20(26)18-16(12-28-21(18)24-17)15-9-6-5-7-10-15/h3,5-7,9-10,12,14H,1,4,8,11,13H2,2H3,(H,22,25)(H,23,24,26). The average Bonchev–Trinajstić information content (AvgIpc) is 3.14. The van der Waals surface area contributed by atoms with Crippen LogP contribution in [0, 0.1) is 0 Å². The van der Waals surface area contributed by atoms with Crippen LogP contribution in [0.1, 0.15) is 25.6 Å². The Morgan fingerprint density at radius 2 is 2.18 bits per heavy atom. The van der Waals surface area contributed by atoms with Gasteiger partial charge in [-0.05, 0) is 25.3 Å². The molecule has 0 saturated carbocycles. The first-order valence-electron chi connectivity index (χ1n) is 9.16. The van der Waals surface area contributed by atoms with E-state index in [0.29, 0.717) is 23.5 Å². The highest BCUT2D eigenvalue weighted by Gasteiger charge is 2.16. The van der Waals surface area contributed by atoms with Crippen LogP contribution < -0.4 is 10.9 Å². The number of hydrogen-bond donors (Lipinski definition) is 2. The number of unbranched alkanes of at least 4 members (excludes halogenated alkanes) is 1. The fraction of sp³-hybridized carbons (Fsp3) is 0.286. The monoisotopic (exact) mass is 413 g/mol. The van der Waals surface area contributed by atoms with E-state index in [-0.39, 0.29) is 16.7 Å². The van der Waals surface area contributed by atoms with Crippen molar-refractivity contribution < 1.29 is 4.79 Å². The summed E-state index contributed by atoms with van der Waals surface area (Å²) in [5.41, 5.74) is 1.77. The molecule has 5 nitrogen and oxygen atoms in total. The number of nitrogens with zero attached hydrogens (tertiary/aromatic N) is 1. The topological polar surface area (TPSA) is 74.8 Å². The number of amides is 1. The van der Waals surface area contributed by atoms with E-state index in [0.717, 1.165) is 28.8 Å². The van der Waals surface area contributed by atoms with Crippen LogP contribution in [-0.2, 0) is 10.5 Å². The van der Waals surface area contributed by atoms with Crippen molar-refractivity contribution >= 4 is 39.2 Å². The Balaban J connectivity index is 1.67. The number of benzene rings is 1. The van der Waals surface area contributed by atoms with Gasteiger partial charge >= 0.3 is 0 Å². The highest BCUT2D eigenvalue weighted by atomic mass is 32.2. The molecule has 0 radical (unpaired) electrons. The Bertz CT molecular complexity index is 1010. The molecule has 2 N–H and O–H groups in total. The van der Waals surface area contributed by atoms with E-state index in [1.165, 1.54) is 23.1 Å². The number of H-pyrrole nitrogens is 1. The predicted molar refractivity (Wildman–Crippen MR) is 119 cm³/mol. The number of rotatable bonds is 9. The van der Waals surface area contributed by atoms with E-state index in [4.69, 9.17) is 0 Å². The molecule has 0 aliphatic rings. The third-order valence-electron chi connectivity index (χ3n) is 4.30.